The van der Waals surface area contributed by atoms with E-state index in [4.69, 9.17) is 9.47 Å². The summed E-state index contributed by atoms with van der Waals surface area (Å²) in [5.74, 6) is -1.08. The van der Waals surface area contributed by atoms with Gasteiger partial charge < -0.3 is 9.47 Å². The van der Waals surface area contributed by atoms with E-state index in [2.05, 4.69) is 20.5 Å². The number of esters is 1. The van der Waals surface area contributed by atoms with Gasteiger partial charge in [0.05, 0.1) is 6.61 Å². The molecule has 2 heterocycles. The molecule has 124 valence electrons. The number of halogens is 3. The maximum absolute atomic E-state index is 12.8. The van der Waals surface area contributed by atoms with E-state index in [9.17, 15) is 18.0 Å². The lowest BCUT2D eigenvalue weighted by Gasteiger charge is -2.12. The number of nitrogens with zero attached hydrogens (tertiary/aromatic N) is 5. The van der Waals surface area contributed by atoms with Crippen molar-refractivity contribution in [1.29, 1.82) is 0 Å². The Labute approximate surface area is 128 Å². The highest BCUT2D eigenvalue weighted by Gasteiger charge is 2.34. The van der Waals surface area contributed by atoms with Crippen LogP contribution in [0.1, 0.15) is 28.8 Å². The van der Waals surface area contributed by atoms with Gasteiger partial charge in [0.1, 0.15) is 11.3 Å². The number of hydrogen-bond donors (Lipinski definition) is 0. The molecule has 2 aromatic rings. The number of carbonyl (C=O) groups is 1. The number of aryl methyl sites for hydroxylation is 1. The second kappa shape index (κ2) is 6.58. The zero-order valence-electron chi connectivity index (χ0n) is 12.2. The Morgan fingerprint density at radius 3 is 2.65 bits per heavy atom. The summed E-state index contributed by atoms with van der Waals surface area (Å²) in [7, 11) is 1.53. The van der Waals surface area contributed by atoms with E-state index in [1.807, 2.05) is 0 Å². The fraction of sp³-hybridized carbons (Fsp3) is 0.417. The molecular weight excluding hydrogens is 319 g/mol. The molecule has 0 bridgehead atoms. The SMILES string of the molecule is CCOC(=O)c1ccc(C(F)(F)F)nc1OCc1nnnn1C. The lowest BCUT2D eigenvalue weighted by molar-refractivity contribution is -0.141. The highest BCUT2D eigenvalue weighted by Crippen LogP contribution is 2.30. The van der Waals surface area contributed by atoms with Gasteiger partial charge in [0.2, 0.25) is 5.88 Å². The predicted molar refractivity (Wildman–Crippen MR) is 68.3 cm³/mol. The van der Waals surface area contributed by atoms with Gasteiger partial charge in [-0.15, -0.1) is 5.10 Å². The van der Waals surface area contributed by atoms with Crippen LogP contribution in [0.4, 0.5) is 13.2 Å². The molecule has 0 aliphatic rings. The van der Waals surface area contributed by atoms with Crippen LogP contribution in [-0.2, 0) is 24.6 Å². The van der Waals surface area contributed by atoms with E-state index in [1.165, 1.54) is 11.7 Å². The molecule has 23 heavy (non-hydrogen) atoms. The molecular formula is C12H12F3N5O3. The second-order valence-corrected chi connectivity index (χ2v) is 4.27. The Balaban J connectivity index is 2.32. The van der Waals surface area contributed by atoms with Crippen LogP contribution in [0.2, 0.25) is 0 Å². The third-order valence-corrected chi connectivity index (χ3v) is 2.69. The van der Waals surface area contributed by atoms with Crippen LogP contribution in [-0.4, -0.2) is 37.8 Å². The summed E-state index contributed by atoms with van der Waals surface area (Å²) in [4.78, 5) is 15.1. The fourth-order valence-electron chi connectivity index (χ4n) is 1.58. The van der Waals surface area contributed by atoms with Crippen molar-refractivity contribution in [2.24, 2.45) is 7.05 Å². The first-order chi connectivity index (χ1) is 10.8. The van der Waals surface area contributed by atoms with Crippen molar-refractivity contribution in [3.63, 3.8) is 0 Å². The zero-order valence-corrected chi connectivity index (χ0v) is 12.2. The molecule has 0 fully saturated rings. The molecule has 8 nitrogen and oxygen atoms in total. The first kappa shape index (κ1) is 16.6. The van der Waals surface area contributed by atoms with Gasteiger partial charge in [-0.25, -0.2) is 14.5 Å². The summed E-state index contributed by atoms with van der Waals surface area (Å²) < 4.78 is 49.5. The fourth-order valence-corrected chi connectivity index (χ4v) is 1.58. The molecule has 0 spiro atoms. The van der Waals surface area contributed by atoms with Crippen molar-refractivity contribution in [2.45, 2.75) is 19.7 Å². The van der Waals surface area contributed by atoms with Gasteiger partial charge in [-0.2, -0.15) is 13.2 Å². The summed E-state index contributed by atoms with van der Waals surface area (Å²) in [5, 5.41) is 10.5. The third-order valence-electron chi connectivity index (χ3n) is 2.69. The summed E-state index contributed by atoms with van der Waals surface area (Å²) >= 11 is 0. The van der Waals surface area contributed by atoms with Gasteiger partial charge in [0, 0.05) is 7.05 Å². The Morgan fingerprint density at radius 2 is 2.09 bits per heavy atom. The van der Waals surface area contributed by atoms with Crippen LogP contribution >= 0.6 is 0 Å². The molecule has 0 aromatic carbocycles. The molecule has 0 unspecified atom stereocenters. The first-order valence-corrected chi connectivity index (χ1v) is 6.42. The van der Waals surface area contributed by atoms with E-state index in [-0.39, 0.29) is 24.6 Å². The van der Waals surface area contributed by atoms with Crippen LogP contribution in [0, 0.1) is 0 Å². The number of hydrogen-bond acceptors (Lipinski definition) is 7. The minimum atomic E-state index is -4.67. The molecule has 0 radical (unpaired) electrons. The van der Waals surface area contributed by atoms with Crippen LogP contribution in [0.15, 0.2) is 12.1 Å². The Morgan fingerprint density at radius 1 is 1.35 bits per heavy atom. The molecule has 0 atom stereocenters. The average molecular weight is 331 g/mol. The van der Waals surface area contributed by atoms with Gasteiger partial charge in [-0.05, 0) is 29.5 Å². The van der Waals surface area contributed by atoms with E-state index in [0.29, 0.717) is 6.07 Å². The number of aromatic nitrogens is 5. The molecule has 2 rings (SSSR count). The predicted octanol–water partition coefficient (Wildman–Crippen LogP) is 1.38. The molecule has 2 aromatic heterocycles. The Kier molecular flexibility index (Phi) is 4.77. The number of ether oxygens (including phenoxy) is 2. The second-order valence-electron chi connectivity index (χ2n) is 4.27. The zero-order chi connectivity index (χ0) is 17.0. The summed E-state index contributed by atoms with van der Waals surface area (Å²) in [6.45, 7) is 1.37. The largest absolute Gasteiger partial charge is 0.469 e. The minimum absolute atomic E-state index is 0.0620. The van der Waals surface area contributed by atoms with E-state index in [0.717, 1.165) is 6.07 Å². The number of alkyl halides is 3. The van der Waals surface area contributed by atoms with Crippen molar-refractivity contribution in [1.82, 2.24) is 25.2 Å². The lowest BCUT2D eigenvalue weighted by atomic mass is 10.2. The van der Waals surface area contributed by atoms with Crippen LogP contribution in [0.3, 0.4) is 0 Å². The van der Waals surface area contributed by atoms with Crippen molar-refractivity contribution >= 4 is 5.97 Å². The van der Waals surface area contributed by atoms with Crippen LogP contribution in [0.5, 0.6) is 5.88 Å². The quantitative estimate of drug-likeness (QED) is 0.764. The normalized spacial score (nSPS) is 11.3. The maximum Gasteiger partial charge on any atom is 0.433 e. The lowest BCUT2D eigenvalue weighted by Crippen LogP contribution is -2.15. The summed E-state index contributed by atoms with van der Waals surface area (Å²) in [6, 6.07) is 1.64. The van der Waals surface area contributed by atoms with Crippen LogP contribution < -0.4 is 4.74 Å². The van der Waals surface area contributed by atoms with E-state index >= 15 is 0 Å². The highest BCUT2D eigenvalue weighted by molar-refractivity contribution is 5.91. The maximum atomic E-state index is 12.8. The minimum Gasteiger partial charge on any atom is -0.469 e. The molecule has 0 saturated carbocycles. The van der Waals surface area contributed by atoms with Crippen molar-refractivity contribution < 1.29 is 27.4 Å². The molecule has 11 heteroatoms. The molecule has 0 amide bonds. The Hall–Kier alpha value is -2.72. The summed E-state index contributed by atoms with van der Waals surface area (Å²) in [5.41, 5.74) is -1.40. The van der Waals surface area contributed by atoms with Crippen LogP contribution in [0.25, 0.3) is 0 Å². The number of pyridine rings is 1. The average Bonchev–Trinajstić information content (AvgIpc) is 2.89. The first-order valence-electron chi connectivity index (χ1n) is 6.42. The number of tetrazole rings is 1. The van der Waals surface area contributed by atoms with Gasteiger partial charge in [-0.3, -0.25) is 0 Å². The van der Waals surface area contributed by atoms with Gasteiger partial charge >= 0.3 is 12.1 Å². The summed E-state index contributed by atoms with van der Waals surface area (Å²) in [6.07, 6.45) is -4.67. The molecule has 0 aliphatic carbocycles. The van der Waals surface area contributed by atoms with E-state index < -0.39 is 23.7 Å². The van der Waals surface area contributed by atoms with Gasteiger partial charge in [-0.1, -0.05) is 0 Å². The molecule has 0 N–H and O–H groups in total. The highest BCUT2D eigenvalue weighted by atomic mass is 19.4. The smallest absolute Gasteiger partial charge is 0.433 e. The standard InChI is InChI=1S/C12H12F3N5O3/c1-3-22-11(21)7-4-5-8(12(13,14)15)16-10(7)23-6-9-17-18-19-20(9)2/h4-5H,3,6H2,1-2H3. The topological polar surface area (TPSA) is 92.0 Å². The van der Waals surface area contributed by atoms with Crippen molar-refractivity contribution in [2.75, 3.05) is 6.61 Å². The van der Waals surface area contributed by atoms with Crippen molar-refractivity contribution in [3.8, 4) is 5.88 Å². The number of rotatable bonds is 5. The van der Waals surface area contributed by atoms with Crippen molar-refractivity contribution in [3.05, 3.63) is 29.2 Å². The Bertz CT molecular complexity index is 701. The van der Waals surface area contributed by atoms with Gasteiger partial charge in [0.25, 0.3) is 0 Å². The van der Waals surface area contributed by atoms with E-state index in [1.54, 1.807) is 6.92 Å². The third kappa shape index (κ3) is 3.93. The molecule has 0 aliphatic heterocycles. The van der Waals surface area contributed by atoms with Gasteiger partial charge in [0.15, 0.2) is 12.4 Å². The molecule has 0 saturated heterocycles. The number of carbonyl (C=O) groups excluding carboxylic acids is 1. The monoisotopic (exact) mass is 331 g/mol.